The van der Waals surface area contributed by atoms with Crippen LogP contribution in [0, 0.1) is 0 Å². The fraction of sp³-hybridized carbons (Fsp3) is 0.0204. The molecule has 0 N–H and O–H groups in total. The minimum absolute atomic E-state index is 0.452. The molecule has 1 aliphatic rings. The lowest BCUT2D eigenvalue weighted by atomic mass is 9.68. The van der Waals surface area contributed by atoms with E-state index < -0.39 is 5.41 Å². The third-order valence-corrected chi connectivity index (χ3v) is 12.1. The molecule has 8 aromatic carbocycles. The van der Waals surface area contributed by atoms with Crippen LogP contribution in [0.5, 0.6) is 0 Å². The Bertz CT molecular complexity index is 2930. The van der Waals surface area contributed by atoms with Gasteiger partial charge < -0.3 is 9.32 Å². The quantitative estimate of drug-likeness (QED) is 0.180. The summed E-state index contributed by atoms with van der Waals surface area (Å²) in [5.41, 5.74) is 12.1. The summed E-state index contributed by atoms with van der Waals surface area (Å²) >= 11 is 1.85. The zero-order valence-electron chi connectivity index (χ0n) is 28.2. The number of thiophene rings is 1. The summed E-state index contributed by atoms with van der Waals surface area (Å²) in [7, 11) is 0. The number of rotatable bonds is 5. The van der Waals surface area contributed by atoms with Crippen molar-refractivity contribution in [1.29, 1.82) is 0 Å². The van der Waals surface area contributed by atoms with E-state index in [9.17, 15) is 0 Å². The fourth-order valence-corrected chi connectivity index (χ4v) is 9.90. The van der Waals surface area contributed by atoms with E-state index in [1.807, 2.05) is 17.4 Å². The van der Waals surface area contributed by atoms with Crippen molar-refractivity contribution in [2.24, 2.45) is 0 Å². The highest BCUT2D eigenvalue weighted by Crippen LogP contribution is 2.57. The van der Waals surface area contributed by atoms with Gasteiger partial charge in [0.15, 0.2) is 5.58 Å². The van der Waals surface area contributed by atoms with Crippen LogP contribution in [0.1, 0.15) is 22.3 Å². The van der Waals surface area contributed by atoms with Crippen LogP contribution in [0.3, 0.4) is 0 Å². The molecule has 244 valence electrons. The molecule has 0 unspecified atom stereocenters. The molecule has 2 nitrogen and oxygen atoms in total. The summed E-state index contributed by atoms with van der Waals surface area (Å²) in [4.78, 5) is 2.39. The molecule has 10 aromatic rings. The lowest BCUT2D eigenvalue weighted by Crippen LogP contribution is -2.28. The summed E-state index contributed by atoms with van der Waals surface area (Å²) in [5.74, 6) is 0. The van der Waals surface area contributed by atoms with E-state index in [2.05, 4.69) is 187 Å². The monoisotopic (exact) mass is 681 g/mol. The van der Waals surface area contributed by atoms with E-state index in [4.69, 9.17) is 4.42 Å². The van der Waals surface area contributed by atoms with Gasteiger partial charge in [-0.2, -0.15) is 0 Å². The third kappa shape index (κ3) is 4.11. The van der Waals surface area contributed by atoms with Crippen molar-refractivity contribution < 1.29 is 4.42 Å². The summed E-state index contributed by atoms with van der Waals surface area (Å²) in [5, 5.41) is 4.81. The van der Waals surface area contributed by atoms with Crippen LogP contribution in [0.4, 0.5) is 17.1 Å². The number of anilines is 3. The highest BCUT2D eigenvalue weighted by atomic mass is 32.1. The maximum Gasteiger partial charge on any atom is 0.159 e. The second kappa shape index (κ2) is 11.3. The molecule has 52 heavy (non-hydrogen) atoms. The minimum Gasteiger partial charge on any atom is -0.454 e. The molecule has 0 saturated carbocycles. The number of benzene rings is 8. The molecule has 0 spiro atoms. The molecule has 1 aliphatic carbocycles. The summed E-state index contributed by atoms with van der Waals surface area (Å²) < 4.78 is 9.26. The van der Waals surface area contributed by atoms with Gasteiger partial charge >= 0.3 is 0 Å². The van der Waals surface area contributed by atoms with E-state index in [0.29, 0.717) is 0 Å². The highest BCUT2D eigenvalue weighted by molar-refractivity contribution is 7.25. The molecule has 0 amide bonds. The van der Waals surface area contributed by atoms with Crippen LogP contribution in [0.25, 0.3) is 53.2 Å². The van der Waals surface area contributed by atoms with E-state index in [0.717, 1.165) is 39.0 Å². The van der Waals surface area contributed by atoms with Crippen LogP contribution >= 0.6 is 11.3 Å². The van der Waals surface area contributed by atoms with Gasteiger partial charge in [0.05, 0.1) is 11.1 Å². The molecule has 0 bridgehead atoms. The maximum absolute atomic E-state index is 6.70. The molecule has 0 saturated heterocycles. The Kier molecular flexibility index (Phi) is 6.37. The lowest BCUT2D eigenvalue weighted by molar-refractivity contribution is 0.669. The van der Waals surface area contributed by atoms with E-state index in [1.54, 1.807) is 0 Å². The van der Waals surface area contributed by atoms with E-state index >= 15 is 0 Å². The van der Waals surface area contributed by atoms with Crippen LogP contribution in [-0.2, 0) is 5.41 Å². The van der Waals surface area contributed by atoms with Gasteiger partial charge in [-0.3, -0.25) is 0 Å². The van der Waals surface area contributed by atoms with Gasteiger partial charge in [0, 0.05) is 42.3 Å². The Morgan fingerprint density at radius 1 is 0.423 bits per heavy atom. The van der Waals surface area contributed by atoms with Crippen LogP contribution in [0.15, 0.2) is 192 Å². The van der Waals surface area contributed by atoms with Crippen LogP contribution in [-0.4, -0.2) is 0 Å². The van der Waals surface area contributed by atoms with Crippen molar-refractivity contribution in [3.63, 3.8) is 0 Å². The highest BCUT2D eigenvalue weighted by Gasteiger charge is 2.46. The molecule has 11 rings (SSSR count). The Hall–Kier alpha value is -6.42. The summed E-state index contributed by atoms with van der Waals surface area (Å²) in [6, 6.07) is 68.5. The van der Waals surface area contributed by atoms with Gasteiger partial charge in [0.25, 0.3) is 0 Å². The average molecular weight is 682 g/mol. The van der Waals surface area contributed by atoms with Gasteiger partial charge in [-0.05, 0) is 75.8 Å². The second-order valence-corrected chi connectivity index (χ2v) is 14.7. The van der Waals surface area contributed by atoms with Crippen molar-refractivity contribution in [2.75, 3.05) is 4.90 Å². The van der Waals surface area contributed by atoms with E-state index in [-0.39, 0.29) is 0 Å². The summed E-state index contributed by atoms with van der Waals surface area (Å²) in [6.07, 6.45) is 0. The molecule has 2 aromatic heterocycles. The minimum atomic E-state index is -0.452. The first kappa shape index (κ1) is 29.3. The maximum atomic E-state index is 6.70. The Labute approximate surface area is 305 Å². The number of fused-ring (bicyclic) bond motifs is 9. The first-order valence-electron chi connectivity index (χ1n) is 17.8. The topological polar surface area (TPSA) is 16.4 Å². The van der Waals surface area contributed by atoms with Crippen LogP contribution < -0.4 is 4.90 Å². The van der Waals surface area contributed by atoms with Gasteiger partial charge in [0.2, 0.25) is 0 Å². The number of nitrogens with zero attached hydrogens (tertiary/aromatic N) is 1. The molecule has 0 radical (unpaired) electrons. The number of hydrogen-bond donors (Lipinski definition) is 0. The number of furan rings is 1. The Morgan fingerprint density at radius 3 is 1.87 bits per heavy atom. The number of hydrogen-bond acceptors (Lipinski definition) is 3. The van der Waals surface area contributed by atoms with Crippen molar-refractivity contribution in [1.82, 2.24) is 0 Å². The molecular weight excluding hydrogens is 651 g/mol. The molecule has 3 heteroatoms. The standard InChI is InChI=1S/C49H31NOS/c1-3-14-32(15-4-1)49(33-16-5-2-6-17-33)42-22-10-7-18-36(42)41-30-34(27-29-43(41)49)50(35-26-28-39-38-20-9-12-25-46(38)52-47(39)31-35)44-23-13-21-40-37-19-8-11-24-45(37)51-48(40)44/h1-31H. The first-order chi connectivity index (χ1) is 25.8. The molecule has 0 fully saturated rings. The molecule has 2 heterocycles. The normalized spacial score (nSPS) is 13.2. The van der Waals surface area contributed by atoms with E-state index in [1.165, 1.54) is 53.6 Å². The predicted octanol–water partition coefficient (Wildman–Crippen LogP) is 13.8. The van der Waals surface area contributed by atoms with Crippen molar-refractivity contribution in [3.05, 3.63) is 210 Å². The predicted molar refractivity (Wildman–Crippen MR) is 219 cm³/mol. The molecule has 0 aliphatic heterocycles. The van der Waals surface area contributed by atoms with Crippen molar-refractivity contribution in [2.45, 2.75) is 5.41 Å². The Balaban J connectivity index is 1.20. The van der Waals surface area contributed by atoms with Crippen LogP contribution in [0.2, 0.25) is 0 Å². The Morgan fingerprint density at radius 2 is 1.04 bits per heavy atom. The summed E-state index contributed by atoms with van der Waals surface area (Å²) in [6.45, 7) is 0. The lowest BCUT2D eigenvalue weighted by Gasteiger charge is -2.34. The van der Waals surface area contributed by atoms with Gasteiger partial charge in [-0.1, -0.05) is 146 Å². The zero-order valence-corrected chi connectivity index (χ0v) is 29.0. The zero-order chi connectivity index (χ0) is 34.2. The largest absolute Gasteiger partial charge is 0.454 e. The van der Waals surface area contributed by atoms with Crippen molar-refractivity contribution >= 4 is 70.5 Å². The first-order valence-corrected chi connectivity index (χ1v) is 18.6. The van der Waals surface area contributed by atoms with Gasteiger partial charge in [-0.25, -0.2) is 0 Å². The molecular formula is C49H31NOS. The third-order valence-electron chi connectivity index (χ3n) is 10.9. The SMILES string of the molecule is c1ccc(C2(c3ccccc3)c3ccccc3-c3cc(N(c4ccc5c(c4)sc4ccccc45)c4cccc5c4oc4ccccc45)ccc32)cc1. The fourth-order valence-electron chi connectivity index (χ4n) is 8.77. The second-order valence-electron chi connectivity index (χ2n) is 13.6. The van der Waals surface area contributed by atoms with Gasteiger partial charge in [-0.15, -0.1) is 11.3 Å². The number of para-hydroxylation sites is 2. The smallest absolute Gasteiger partial charge is 0.159 e. The molecule has 0 atom stereocenters. The van der Waals surface area contributed by atoms with Crippen molar-refractivity contribution in [3.8, 4) is 11.1 Å². The van der Waals surface area contributed by atoms with Gasteiger partial charge in [0.1, 0.15) is 5.58 Å². The average Bonchev–Trinajstić information content (AvgIpc) is 3.87.